The Bertz CT molecular complexity index is 840. The van der Waals surface area contributed by atoms with Gasteiger partial charge < -0.3 is 20.1 Å². The van der Waals surface area contributed by atoms with Crippen LogP contribution in [0.15, 0.2) is 47.4 Å². The molecule has 1 aliphatic rings. The van der Waals surface area contributed by atoms with Gasteiger partial charge in [0.05, 0.1) is 25.2 Å². The number of benzene rings is 2. The van der Waals surface area contributed by atoms with E-state index in [1.165, 1.54) is 11.8 Å². The molecule has 2 amide bonds. The topological polar surface area (TPSA) is 76.7 Å². The third-order valence-corrected chi connectivity index (χ3v) is 5.56. The first-order chi connectivity index (χ1) is 13.1. The number of thioether (sulfide) groups is 1. The third kappa shape index (κ3) is 4.74. The van der Waals surface area contributed by atoms with Gasteiger partial charge in [-0.05, 0) is 42.3 Å². The van der Waals surface area contributed by atoms with E-state index in [0.717, 1.165) is 27.6 Å². The molecule has 0 saturated carbocycles. The van der Waals surface area contributed by atoms with Crippen molar-refractivity contribution in [3.63, 3.8) is 0 Å². The summed E-state index contributed by atoms with van der Waals surface area (Å²) in [6, 6.07) is 13.2. The minimum atomic E-state index is -0.425. The maximum atomic E-state index is 12.3. The van der Waals surface area contributed by atoms with E-state index in [9.17, 15) is 9.59 Å². The molecule has 0 fully saturated rings. The molecule has 1 aliphatic heterocycles. The van der Waals surface area contributed by atoms with Crippen molar-refractivity contribution in [3.05, 3.63) is 48.0 Å². The molecule has 0 aromatic heterocycles. The highest BCUT2D eigenvalue weighted by Gasteiger charge is 2.28. The van der Waals surface area contributed by atoms with E-state index in [2.05, 4.69) is 10.6 Å². The largest absolute Gasteiger partial charge is 0.497 e. The number of hydrogen-bond donors (Lipinski definition) is 2. The Kier molecular flexibility index (Phi) is 6.24. The second-order valence-corrected chi connectivity index (χ2v) is 7.32. The molecule has 142 valence electrons. The van der Waals surface area contributed by atoms with Crippen LogP contribution < -0.4 is 20.1 Å². The Labute approximate surface area is 162 Å². The summed E-state index contributed by atoms with van der Waals surface area (Å²) < 4.78 is 10.6. The average molecular weight is 386 g/mol. The van der Waals surface area contributed by atoms with Gasteiger partial charge in [-0.2, -0.15) is 0 Å². The zero-order valence-corrected chi connectivity index (χ0v) is 16.1. The first kappa shape index (κ1) is 19.1. The second kappa shape index (κ2) is 8.81. The number of rotatable bonds is 7. The summed E-state index contributed by atoms with van der Waals surface area (Å²) in [5, 5.41) is 5.31. The van der Waals surface area contributed by atoms with Gasteiger partial charge in [0.1, 0.15) is 11.5 Å². The lowest BCUT2D eigenvalue weighted by atomic mass is 10.1. The lowest BCUT2D eigenvalue weighted by molar-refractivity contribution is -0.124. The molecule has 0 spiro atoms. The number of anilines is 1. The fraction of sp³-hybridized carbons (Fsp3) is 0.300. The minimum Gasteiger partial charge on any atom is -0.497 e. The predicted octanol–water partition coefficient (Wildman–Crippen LogP) is 2.87. The highest BCUT2D eigenvalue weighted by Crippen LogP contribution is 2.36. The molecule has 0 saturated heterocycles. The molecular weight excluding hydrogens is 364 g/mol. The van der Waals surface area contributed by atoms with Crippen LogP contribution in [0.2, 0.25) is 0 Å². The van der Waals surface area contributed by atoms with Crippen molar-refractivity contribution in [2.45, 2.75) is 23.0 Å². The van der Waals surface area contributed by atoms with E-state index in [-0.39, 0.29) is 18.2 Å². The first-order valence-electron chi connectivity index (χ1n) is 8.65. The predicted molar refractivity (Wildman–Crippen MR) is 106 cm³/mol. The summed E-state index contributed by atoms with van der Waals surface area (Å²) in [5.41, 5.74) is 1.75. The first-order valence-corrected chi connectivity index (χ1v) is 9.53. The summed E-state index contributed by atoms with van der Waals surface area (Å²) in [6.45, 7) is 0.456. The van der Waals surface area contributed by atoms with Crippen LogP contribution in [0.4, 0.5) is 5.69 Å². The van der Waals surface area contributed by atoms with Crippen LogP contribution in [0.25, 0.3) is 0 Å². The number of para-hydroxylation sites is 1. The average Bonchev–Trinajstić information content (AvgIpc) is 2.68. The van der Waals surface area contributed by atoms with Crippen LogP contribution in [0.3, 0.4) is 0 Å². The van der Waals surface area contributed by atoms with E-state index in [0.29, 0.717) is 13.0 Å². The maximum Gasteiger partial charge on any atom is 0.238 e. The molecule has 27 heavy (non-hydrogen) atoms. The van der Waals surface area contributed by atoms with Gasteiger partial charge in [0.2, 0.25) is 11.8 Å². The Morgan fingerprint density at radius 3 is 2.78 bits per heavy atom. The second-order valence-electron chi connectivity index (χ2n) is 6.07. The lowest BCUT2D eigenvalue weighted by Crippen LogP contribution is -2.35. The van der Waals surface area contributed by atoms with Crippen LogP contribution >= 0.6 is 11.8 Å². The number of carbonyl (C=O) groups excluding carboxylic acids is 2. The van der Waals surface area contributed by atoms with Crippen molar-refractivity contribution in [3.8, 4) is 11.5 Å². The summed E-state index contributed by atoms with van der Waals surface area (Å²) >= 11 is 1.42. The molecule has 7 heteroatoms. The van der Waals surface area contributed by atoms with Crippen LogP contribution in [-0.4, -0.2) is 37.8 Å². The van der Waals surface area contributed by atoms with Crippen LogP contribution in [-0.2, 0) is 16.0 Å². The fourth-order valence-corrected chi connectivity index (χ4v) is 3.99. The molecule has 6 nitrogen and oxygen atoms in total. The van der Waals surface area contributed by atoms with Crippen LogP contribution in [0.1, 0.15) is 12.0 Å². The Hall–Kier alpha value is -2.67. The van der Waals surface area contributed by atoms with Crippen LogP contribution in [0.5, 0.6) is 11.5 Å². The quantitative estimate of drug-likeness (QED) is 0.765. The zero-order chi connectivity index (χ0) is 19.2. The molecule has 2 aromatic rings. The van der Waals surface area contributed by atoms with Crippen molar-refractivity contribution in [2.75, 3.05) is 26.1 Å². The van der Waals surface area contributed by atoms with Gasteiger partial charge in [-0.3, -0.25) is 9.59 Å². The number of nitrogens with one attached hydrogen (secondary N) is 2. The molecular formula is C20H22N2O4S. The van der Waals surface area contributed by atoms with E-state index >= 15 is 0 Å². The van der Waals surface area contributed by atoms with Gasteiger partial charge in [-0.25, -0.2) is 0 Å². The van der Waals surface area contributed by atoms with Crippen molar-refractivity contribution >= 4 is 29.3 Å². The smallest absolute Gasteiger partial charge is 0.238 e. The molecule has 1 atom stereocenters. The van der Waals surface area contributed by atoms with Crippen molar-refractivity contribution in [2.24, 2.45) is 0 Å². The Morgan fingerprint density at radius 1 is 1.19 bits per heavy atom. The van der Waals surface area contributed by atoms with Gasteiger partial charge in [-0.15, -0.1) is 11.8 Å². The molecule has 0 bridgehead atoms. The number of carbonyl (C=O) groups is 2. The van der Waals surface area contributed by atoms with Gasteiger partial charge >= 0.3 is 0 Å². The standard InChI is InChI=1S/C20H22N2O4S/c1-25-14-7-8-16(26-2)13(11-14)9-10-21-19(23)12-18-20(24)22-15-5-3-4-6-17(15)27-18/h3-8,11,18H,9-10,12H2,1-2H3,(H,21,23)(H,22,24). The van der Waals surface area contributed by atoms with E-state index in [4.69, 9.17) is 9.47 Å². The summed E-state index contributed by atoms with van der Waals surface area (Å²) in [7, 11) is 3.22. The highest BCUT2D eigenvalue weighted by atomic mass is 32.2. The summed E-state index contributed by atoms with van der Waals surface area (Å²) in [5.74, 6) is 1.21. The van der Waals surface area contributed by atoms with Gasteiger partial charge in [0.15, 0.2) is 0 Å². The van der Waals surface area contributed by atoms with Crippen molar-refractivity contribution in [1.82, 2.24) is 5.32 Å². The van der Waals surface area contributed by atoms with Crippen molar-refractivity contribution in [1.29, 1.82) is 0 Å². The summed E-state index contributed by atoms with van der Waals surface area (Å²) in [4.78, 5) is 25.5. The molecule has 2 N–H and O–H groups in total. The molecule has 1 unspecified atom stereocenters. The number of amides is 2. The zero-order valence-electron chi connectivity index (χ0n) is 15.3. The number of ether oxygens (including phenoxy) is 2. The molecule has 1 heterocycles. The number of fused-ring (bicyclic) bond motifs is 1. The minimum absolute atomic E-state index is 0.136. The molecule has 0 radical (unpaired) electrons. The molecule has 2 aromatic carbocycles. The SMILES string of the molecule is COc1ccc(OC)c(CCNC(=O)CC2Sc3ccccc3NC2=O)c1. The third-order valence-electron chi connectivity index (χ3n) is 4.28. The fourth-order valence-electron chi connectivity index (χ4n) is 2.88. The maximum absolute atomic E-state index is 12.3. The number of hydrogen-bond acceptors (Lipinski definition) is 5. The van der Waals surface area contributed by atoms with Crippen LogP contribution in [0, 0.1) is 0 Å². The van der Waals surface area contributed by atoms with Gasteiger partial charge in [-0.1, -0.05) is 12.1 Å². The van der Waals surface area contributed by atoms with Crippen molar-refractivity contribution < 1.29 is 19.1 Å². The van der Waals surface area contributed by atoms with E-state index < -0.39 is 5.25 Å². The molecule has 3 rings (SSSR count). The molecule has 0 aliphatic carbocycles. The Balaban J connectivity index is 1.53. The lowest BCUT2D eigenvalue weighted by Gasteiger charge is -2.23. The summed E-state index contributed by atoms with van der Waals surface area (Å²) in [6.07, 6.45) is 0.749. The van der Waals surface area contributed by atoms with E-state index in [1.54, 1.807) is 14.2 Å². The van der Waals surface area contributed by atoms with Gasteiger partial charge in [0, 0.05) is 17.9 Å². The Morgan fingerprint density at radius 2 is 2.00 bits per heavy atom. The highest BCUT2D eigenvalue weighted by molar-refractivity contribution is 8.01. The number of methoxy groups -OCH3 is 2. The van der Waals surface area contributed by atoms with E-state index in [1.807, 2.05) is 42.5 Å². The van der Waals surface area contributed by atoms with Gasteiger partial charge in [0.25, 0.3) is 0 Å². The normalized spacial score (nSPS) is 15.5. The monoisotopic (exact) mass is 386 g/mol.